The van der Waals surface area contributed by atoms with E-state index in [0.717, 1.165) is 8.78 Å². The number of ether oxygens (including phenoxy) is 1. The molecule has 100 valence electrons. The summed E-state index contributed by atoms with van der Waals surface area (Å²) in [6.45, 7) is 1.60. The number of carbonyl (C=O) groups is 1. The van der Waals surface area contributed by atoms with E-state index in [1.807, 2.05) is 0 Å². The summed E-state index contributed by atoms with van der Waals surface area (Å²) < 4.78 is 30.6. The second kappa shape index (κ2) is 6.31. The fourth-order valence-corrected chi connectivity index (χ4v) is 2.64. The van der Waals surface area contributed by atoms with Gasteiger partial charge in [0.2, 0.25) is 10.0 Å². The van der Waals surface area contributed by atoms with Gasteiger partial charge >= 0.3 is 5.97 Å². The van der Waals surface area contributed by atoms with E-state index in [2.05, 4.69) is 15.9 Å². The lowest BCUT2D eigenvalue weighted by Gasteiger charge is -2.16. The number of halogens is 1. The molecule has 1 rings (SSSR count). The van der Waals surface area contributed by atoms with E-state index in [-0.39, 0.29) is 18.0 Å². The Bertz CT molecular complexity index is 512. The molecule has 0 saturated heterocycles. The average molecular weight is 336 g/mol. The van der Waals surface area contributed by atoms with Crippen LogP contribution < -0.4 is 0 Å². The third-order valence-corrected chi connectivity index (χ3v) is 4.53. The minimum absolute atomic E-state index is 0.137. The molecule has 7 heteroatoms. The van der Waals surface area contributed by atoms with Crippen LogP contribution in [0.3, 0.4) is 0 Å². The van der Waals surface area contributed by atoms with Crippen molar-refractivity contribution in [3.63, 3.8) is 0 Å². The first-order valence-electron chi connectivity index (χ1n) is 5.25. The van der Waals surface area contributed by atoms with Crippen LogP contribution in [-0.4, -0.2) is 38.9 Å². The number of rotatable bonds is 5. The minimum Gasteiger partial charge on any atom is -0.465 e. The fraction of sp³-hybridized carbons (Fsp3) is 0.364. The standard InChI is InChI=1S/C11H14BrNO4S/c1-3-17-11(14)8-13(2)18(15,16)10-6-4-9(12)5-7-10/h4-7H,3,8H2,1-2H3. The first kappa shape index (κ1) is 15.1. The van der Waals surface area contributed by atoms with Gasteiger partial charge in [-0.25, -0.2) is 8.42 Å². The molecule has 5 nitrogen and oxygen atoms in total. The second-order valence-corrected chi connectivity index (χ2v) is 6.48. The van der Waals surface area contributed by atoms with Crippen LogP contribution in [0.25, 0.3) is 0 Å². The maximum Gasteiger partial charge on any atom is 0.321 e. The Morgan fingerprint density at radius 3 is 2.39 bits per heavy atom. The Balaban J connectivity index is 2.86. The summed E-state index contributed by atoms with van der Waals surface area (Å²) in [4.78, 5) is 11.4. The summed E-state index contributed by atoms with van der Waals surface area (Å²) in [6.07, 6.45) is 0. The predicted octanol–water partition coefficient (Wildman–Crippen LogP) is 1.63. The first-order chi connectivity index (χ1) is 8.37. The molecule has 0 aromatic heterocycles. The van der Waals surface area contributed by atoms with Crippen molar-refractivity contribution in [1.29, 1.82) is 0 Å². The molecule has 1 aromatic rings. The highest BCUT2D eigenvalue weighted by Gasteiger charge is 2.23. The number of hydrogen-bond donors (Lipinski definition) is 0. The normalized spacial score (nSPS) is 11.6. The van der Waals surface area contributed by atoms with E-state index in [1.165, 1.54) is 19.2 Å². The summed E-state index contributed by atoms with van der Waals surface area (Å²) in [5.74, 6) is -0.569. The lowest BCUT2D eigenvalue weighted by molar-refractivity contribution is -0.143. The van der Waals surface area contributed by atoms with Crippen molar-refractivity contribution in [1.82, 2.24) is 4.31 Å². The Labute approximate surface area is 115 Å². The molecule has 0 aliphatic carbocycles. The molecule has 0 fully saturated rings. The van der Waals surface area contributed by atoms with E-state index in [0.29, 0.717) is 0 Å². The van der Waals surface area contributed by atoms with Crippen molar-refractivity contribution >= 4 is 31.9 Å². The summed E-state index contributed by atoms with van der Waals surface area (Å²) in [6, 6.07) is 6.21. The molecule has 0 atom stereocenters. The van der Waals surface area contributed by atoms with E-state index in [4.69, 9.17) is 4.74 Å². The van der Waals surface area contributed by atoms with Gasteiger partial charge < -0.3 is 4.74 Å². The number of esters is 1. The second-order valence-electron chi connectivity index (χ2n) is 3.52. The van der Waals surface area contributed by atoms with Crippen LogP contribution in [0.1, 0.15) is 6.92 Å². The maximum absolute atomic E-state index is 12.1. The molecule has 0 N–H and O–H groups in total. The number of carbonyl (C=O) groups excluding carboxylic acids is 1. The summed E-state index contributed by atoms with van der Waals surface area (Å²) in [5.41, 5.74) is 0. The average Bonchev–Trinajstić information content (AvgIpc) is 2.29. The topological polar surface area (TPSA) is 63.7 Å². The molecule has 0 bridgehead atoms. The van der Waals surface area contributed by atoms with Crippen LogP contribution in [0.5, 0.6) is 0 Å². The van der Waals surface area contributed by atoms with E-state index >= 15 is 0 Å². The lowest BCUT2D eigenvalue weighted by atomic mass is 10.4. The smallest absolute Gasteiger partial charge is 0.321 e. The summed E-state index contributed by atoms with van der Waals surface area (Å²) >= 11 is 3.23. The number of likely N-dealkylation sites (N-methyl/N-ethyl adjacent to an activating group) is 1. The molecule has 0 saturated carbocycles. The zero-order valence-corrected chi connectivity index (χ0v) is 12.5. The van der Waals surface area contributed by atoms with E-state index in [9.17, 15) is 13.2 Å². The summed E-state index contributed by atoms with van der Waals surface area (Å²) in [7, 11) is -2.32. The molecule has 0 aliphatic rings. The molecule has 0 amide bonds. The van der Waals surface area contributed by atoms with E-state index < -0.39 is 16.0 Å². The molecule has 0 unspecified atom stereocenters. The van der Waals surface area contributed by atoms with Crippen molar-refractivity contribution < 1.29 is 17.9 Å². The van der Waals surface area contributed by atoms with Crippen molar-refractivity contribution in [2.75, 3.05) is 20.2 Å². The van der Waals surface area contributed by atoms with Gasteiger partial charge in [0.25, 0.3) is 0 Å². The number of hydrogen-bond acceptors (Lipinski definition) is 4. The van der Waals surface area contributed by atoms with Gasteiger partial charge in [0.05, 0.1) is 11.5 Å². The third-order valence-electron chi connectivity index (χ3n) is 2.18. The molecule has 0 heterocycles. The molecule has 0 spiro atoms. The molecular weight excluding hydrogens is 322 g/mol. The molecule has 0 radical (unpaired) electrons. The van der Waals surface area contributed by atoms with Crippen LogP contribution in [0, 0.1) is 0 Å². The summed E-state index contributed by atoms with van der Waals surface area (Å²) in [5, 5.41) is 0. The third kappa shape index (κ3) is 3.79. The van der Waals surface area contributed by atoms with Gasteiger partial charge in [0, 0.05) is 11.5 Å². The van der Waals surface area contributed by atoms with Gasteiger partial charge in [-0.3, -0.25) is 4.79 Å². The van der Waals surface area contributed by atoms with Crippen molar-refractivity contribution in [3.8, 4) is 0 Å². The van der Waals surface area contributed by atoms with Gasteiger partial charge in [-0.05, 0) is 31.2 Å². The molecule has 0 aliphatic heterocycles. The number of nitrogens with zero attached hydrogens (tertiary/aromatic N) is 1. The quantitative estimate of drug-likeness (QED) is 0.767. The van der Waals surface area contributed by atoms with Crippen molar-refractivity contribution in [2.45, 2.75) is 11.8 Å². The van der Waals surface area contributed by atoms with Crippen LogP contribution in [0.2, 0.25) is 0 Å². The monoisotopic (exact) mass is 335 g/mol. The zero-order valence-electron chi connectivity index (χ0n) is 10.1. The Morgan fingerprint density at radius 2 is 1.89 bits per heavy atom. The van der Waals surface area contributed by atoms with Crippen LogP contribution in [-0.2, 0) is 19.6 Å². The lowest BCUT2D eigenvalue weighted by Crippen LogP contribution is -2.33. The van der Waals surface area contributed by atoms with Crippen LogP contribution >= 0.6 is 15.9 Å². The Hall–Kier alpha value is -0.920. The largest absolute Gasteiger partial charge is 0.465 e. The maximum atomic E-state index is 12.1. The first-order valence-corrected chi connectivity index (χ1v) is 7.48. The van der Waals surface area contributed by atoms with E-state index in [1.54, 1.807) is 19.1 Å². The van der Waals surface area contributed by atoms with Gasteiger partial charge in [-0.2, -0.15) is 4.31 Å². The number of benzene rings is 1. The van der Waals surface area contributed by atoms with Gasteiger partial charge in [0.15, 0.2) is 0 Å². The van der Waals surface area contributed by atoms with Gasteiger partial charge in [-0.15, -0.1) is 0 Å². The number of sulfonamides is 1. The highest BCUT2D eigenvalue weighted by atomic mass is 79.9. The highest BCUT2D eigenvalue weighted by Crippen LogP contribution is 2.17. The minimum atomic E-state index is -3.66. The molecule has 18 heavy (non-hydrogen) atoms. The van der Waals surface area contributed by atoms with Crippen LogP contribution in [0.4, 0.5) is 0 Å². The van der Waals surface area contributed by atoms with Crippen molar-refractivity contribution in [2.24, 2.45) is 0 Å². The predicted molar refractivity (Wildman–Crippen MR) is 70.6 cm³/mol. The van der Waals surface area contributed by atoms with Crippen molar-refractivity contribution in [3.05, 3.63) is 28.7 Å². The molecule has 1 aromatic carbocycles. The fourth-order valence-electron chi connectivity index (χ4n) is 1.26. The van der Waals surface area contributed by atoms with Gasteiger partial charge in [-0.1, -0.05) is 15.9 Å². The Morgan fingerprint density at radius 1 is 1.33 bits per heavy atom. The van der Waals surface area contributed by atoms with Gasteiger partial charge in [0.1, 0.15) is 6.54 Å². The van der Waals surface area contributed by atoms with Crippen LogP contribution in [0.15, 0.2) is 33.6 Å². The highest BCUT2D eigenvalue weighted by molar-refractivity contribution is 9.10. The zero-order chi connectivity index (χ0) is 13.8. The molecular formula is C11H14BrNO4S. The Kier molecular flexibility index (Phi) is 5.30. The SMILES string of the molecule is CCOC(=O)CN(C)S(=O)(=O)c1ccc(Br)cc1.